The van der Waals surface area contributed by atoms with Gasteiger partial charge in [0.15, 0.2) is 0 Å². The van der Waals surface area contributed by atoms with Crippen LogP contribution in [0.2, 0.25) is 0 Å². The minimum atomic E-state index is -0.356. The Hall–Kier alpha value is -2.53. The van der Waals surface area contributed by atoms with Crippen LogP contribution in [0.15, 0.2) is 48.5 Å². The van der Waals surface area contributed by atoms with Gasteiger partial charge in [-0.25, -0.2) is 4.79 Å². The molecule has 0 heterocycles. The van der Waals surface area contributed by atoms with Gasteiger partial charge in [0.05, 0.1) is 66.1 Å². The maximum atomic E-state index is 12.5. The predicted molar refractivity (Wildman–Crippen MR) is 141 cm³/mol. The summed E-state index contributed by atoms with van der Waals surface area (Å²) in [5.74, 6) is 0.0516. The molecule has 2 N–H and O–H groups in total. The quantitative estimate of drug-likeness (QED) is 0.285. The first-order valence-electron chi connectivity index (χ1n) is 12.9. The minimum Gasteiger partial charge on any atom is -0.448 e. The molecule has 0 saturated carbocycles. The molecular formula is C28H40N2O7. The van der Waals surface area contributed by atoms with Crippen molar-refractivity contribution in [1.29, 1.82) is 0 Å². The molecule has 0 aliphatic heterocycles. The van der Waals surface area contributed by atoms with Crippen molar-refractivity contribution >= 4 is 6.09 Å². The van der Waals surface area contributed by atoms with Crippen LogP contribution in [0.5, 0.6) is 0 Å². The second-order valence-electron chi connectivity index (χ2n) is 8.58. The average Bonchev–Trinajstić information content (AvgIpc) is 3.25. The van der Waals surface area contributed by atoms with Crippen molar-refractivity contribution in [2.45, 2.75) is 5.92 Å². The molecule has 3 rings (SSSR count). The molecule has 37 heavy (non-hydrogen) atoms. The van der Waals surface area contributed by atoms with Gasteiger partial charge in [0, 0.05) is 26.1 Å². The number of amides is 1. The molecule has 0 unspecified atom stereocenters. The highest BCUT2D eigenvalue weighted by atomic mass is 16.6. The second kappa shape index (κ2) is 17.1. The smallest absolute Gasteiger partial charge is 0.409 e. The fourth-order valence-electron chi connectivity index (χ4n) is 4.06. The van der Waals surface area contributed by atoms with E-state index in [0.717, 1.165) is 0 Å². The Labute approximate surface area is 219 Å². The number of rotatable bonds is 19. The molecule has 1 aliphatic rings. The Morgan fingerprint density at radius 1 is 0.703 bits per heavy atom. The van der Waals surface area contributed by atoms with Crippen LogP contribution in [0.3, 0.4) is 0 Å². The molecule has 1 amide bonds. The Bertz CT molecular complexity index is 881. The summed E-state index contributed by atoms with van der Waals surface area (Å²) in [6.45, 7) is 6.24. The van der Waals surface area contributed by atoms with Gasteiger partial charge < -0.3 is 39.1 Å². The third kappa shape index (κ3) is 9.70. The Morgan fingerprint density at radius 3 is 1.62 bits per heavy atom. The molecule has 2 aromatic rings. The Morgan fingerprint density at radius 2 is 1.14 bits per heavy atom. The largest absolute Gasteiger partial charge is 0.448 e. The van der Waals surface area contributed by atoms with Gasteiger partial charge in [-0.05, 0) is 22.3 Å². The van der Waals surface area contributed by atoms with Crippen LogP contribution in [0.4, 0.5) is 4.79 Å². The third-order valence-corrected chi connectivity index (χ3v) is 5.97. The number of nitrogens with zero attached hydrogens (tertiary/aromatic N) is 1. The number of likely N-dealkylation sites (N-methyl/N-ethyl adjacent to an activating group) is 1. The summed E-state index contributed by atoms with van der Waals surface area (Å²) in [6, 6.07) is 16.6. The number of fused-ring (bicyclic) bond motifs is 3. The second-order valence-corrected chi connectivity index (χ2v) is 8.58. The highest BCUT2D eigenvalue weighted by Gasteiger charge is 2.29. The molecule has 0 saturated heterocycles. The lowest BCUT2D eigenvalue weighted by atomic mass is 9.98. The Kier molecular flexibility index (Phi) is 13.4. The summed E-state index contributed by atoms with van der Waals surface area (Å²) in [4.78, 5) is 14.0. The minimum absolute atomic E-state index is 0.0516. The molecule has 0 aromatic heterocycles. The van der Waals surface area contributed by atoms with Crippen molar-refractivity contribution in [3.05, 3.63) is 59.7 Å². The normalized spacial score (nSPS) is 12.4. The van der Waals surface area contributed by atoms with E-state index in [1.807, 2.05) is 24.3 Å². The number of benzene rings is 2. The van der Waals surface area contributed by atoms with Crippen LogP contribution in [-0.4, -0.2) is 104 Å². The Balaban J connectivity index is 1.18. The summed E-state index contributed by atoms with van der Waals surface area (Å²) >= 11 is 0. The number of carbonyl (C=O) groups is 1. The summed E-state index contributed by atoms with van der Waals surface area (Å²) < 4.78 is 32.7. The van der Waals surface area contributed by atoms with Crippen molar-refractivity contribution in [1.82, 2.24) is 4.90 Å². The average molecular weight is 517 g/mol. The molecule has 1 aliphatic carbocycles. The molecule has 0 bridgehead atoms. The van der Waals surface area contributed by atoms with Gasteiger partial charge in [-0.15, -0.1) is 0 Å². The van der Waals surface area contributed by atoms with E-state index < -0.39 is 0 Å². The molecule has 0 atom stereocenters. The van der Waals surface area contributed by atoms with Crippen LogP contribution >= 0.6 is 0 Å². The standard InChI is InChI=1S/C28H40N2O7/c1-30(11-13-33-15-17-35-19-21-36-20-18-34-16-14-32-12-10-29)28(31)37-22-27-25-8-4-2-6-23(25)24-7-3-5-9-26(24)27/h2-9,27H,10-22,29H2,1H3. The molecule has 0 fully saturated rings. The maximum Gasteiger partial charge on any atom is 0.409 e. The van der Waals surface area contributed by atoms with Gasteiger partial charge in [0.2, 0.25) is 0 Å². The molecule has 9 heteroatoms. The first-order valence-corrected chi connectivity index (χ1v) is 12.9. The fraction of sp³-hybridized carbons (Fsp3) is 0.536. The molecule has 9 nitrogen and oxygen atoms in total. The van der Waals surface area contributed by atoms with E-state index in [1.165, 1.54) is 27.2 Å². The number of hydrogen-bond donors (Lipinski definition) is 1. The van der Waals surface area contributed by atoms with Crippen LogP contribution < -0.4 is 5.73 Å². The van der Waals surface area contributed by atoms with Crippen molar-refractivity contribution in [3.63, 3.8) is 0 Å². The summed E-state index contributed by atoms with van der Waals surface area (Å²) in [6.07, 6.45) is -0.356. The zero-order valence-corrected chi connectivity index (χ0v) is 21.8. The van der Waals surface area contributed by atoms with E-state index in [2.05, 4.69) is 24.3 Å². The van der Waals surface area contributed by atoms with Crippen LogP contribution in [0.25, 0.3) is 11.1 Å². The van der Waals surface area contributed by atoms with Gasteiger partial charge in [-0.1, -0.05) is 48.5 Å². The first-order chi connectivity index (χ1) is 18.2. The van der Waals surface area contributed by atoms with E-state index in [0.29, 0.717) is 85.8 Å². The molecular weight excluding hydrogens is 476 g/mol. The van der Waals surface area contributed by atoms with Crippen molar-refractivity contribution < 1.29 is 33.2 Å². The van der Waals surface area contributed by atoms with E-state index >= 15 is 0 Å². The first kappa shape index (κ1) is 29.0. The number of ether oxygens (including phenoxy) is 6. The number of nitrogens with two attached hydrogens (primary N) is 1. The van der Waals surface area contributed by atoms with E-state index in [9.17, 15) is 4.79 Å². The number of hydrogen-bond acceptors (Lipinski definition) is 8. The molecule has 0 spiro atoms. The zero-order chi connectivity index (χ0) is 26.1. The predicted octanol–water partition coefficient (Wildman–Crippen LogP) is 2.91. The highest BCUT2D eigenvalue weighted by Crippen LogP contribution is 2.44. The zero-order valence-electron chi connectivity index (χ0n) is 21.8. The fourth-order valence-corrected chi connectivity index (χ4v) is 4.06. The van der Waals surface area contributed by atoms with E-state index in [4.69, 9.17) is 34.2 Å². The lowest BCUT2D eigenvalue weighted by Crippen LogP contribution is -2.32. The highest BCUT2D eigenvalue weighted by molar-refractivity contribution is 5.79. The summed E-state index contributed by atoms with van der Waals surface area (Å²) in [5, 5.41) is 0. The summed E-state index contributed by atoms with van der Waals surface area (Å²) in [7, 11) is 1.72. The van der Waals surface area contributed by atoms with Gasteiger partial charge in [-0.3, -0.25) is 0 Å². The summed E-state index contributed by atoms with van der Waals surface area (Å²) in [5.41, 5.74) is 10.2. The third-order valence-electron chi connectivity index (χ3n) is 5.97. The van der Waals surface area contributed by atoms with Gasteiger partial charge in [-0.2, -0.15) is 0 Å². The lowest BCUT2D eigenvalue weighted by Gasteiger charge is -2.19. The topological polar surface area (TPSA) is 102 Å². The lowest BCUT2D eigenvalue weighted by molar-refractivity contribution is -0.0115. The van der Waals surface area contributed by atoms with Gasteiger partial charge >= 0.3 is 6.09 Å². The van der Waals surface area contributed by atoms with Gasteiger partial charge in [0.1, 0.15) is 6.61 Å². The van der Waals surface area contributed by atoms with E-state index in [-0.39, 0.29) is 12.0 Å². The van der Waals surface area contributed by atoms with Crippen molar-refractivity contribution in [2.24, 2.45) is 5.73 Å². The van der Waals surface area contributed by atoms with Crippen LogP contribution in [-0.2, 0) is 28.4 Å². The SMILES string of the molecule is CN(CCOCCOCCOCCOCCOCCN)C(=O)OCC1c2ccccc2-c2ccccc21. The molecule has 2 aromatic carbocycles. The molecule has 204 valence electrons. The van der Waals surface area contributed by atoms with E-state index in [1.54, 1.807) is 7.05 Å². The maximum absolute atomic E-state index is 12.5. The van der Waals surface area contributed by atoms with Crippen molar-refractivity contribution in [3.8, 4) is 11.1 Å². The molecule has 0 radical (unpaired) electrons. The van der Waals surface area contributed by atoms with Gasteiger partial charge in [0.25, 0.3) is 0 Å². The number of carbonyl (C=O) groups excluding carboxylic acids is 1. The van der Waals surface area contributed by atoms with Crippen LogP contribution in [0, 0.1) is 0 Å². The monoisotopic (exact) mass is 516 g/mol. The van der Waals surface area contributed by atoms with Crippen LogP contribution in [0.1, 0.15) is 17.0 Å². The van der Waals surface area contributed by atoms with Crippen molar-refractivity contribution in [2.75, 3.05) is 92.8 Å².